The van der Waals surface area contributed by atoms with Gasteiger partial charge in [0, 0.05) is 30.5 Å². The molecule has 0 radical (unpaired) electrons. The number of halogens is 1. The largest absolute Gasteiger partial charge is 0.382 e. The van der Waals surface area contributed by atoms with E-state index >= 15 is 0 Å². The standard InChI is InChI=1S/C21H23ClN6O/c22-17-8-13(10-23)11-25-20(17)28-19-9-18(26-15-6-7-15)16(12-24-19)21(29)27-14-4-2-1-3-5-14/h8-9,11-12,14-15H,1-7H2,(H,27,29)(H2,24,25,26,28). The summed E-state index contributed by atoms with van der Waals surface area (Å²) in [5.74, 6) is 0.852. The number of amides is 1. The second-order valence-corrected chi connectivity index (χ2v) is 8.04. The first-order valence-electron chi connectivity index (χ1n) is 10.0. The van der Waals surface area contributed by atoms with Gasteiger partial charge in [0.2, 0.25) is 0 Å². The molecule has 2 fully saturated rings. The molecule has 0 saturated heterocycles. The fraction of sp³-hybridized carbons (Fsp3) is 0.429. The molecule has 0 unspecified atom stereocenters. The third-order valence-electron chi connectivity index (χ3n) is 5.24. The van der Waals surface area contributed by atoms with Crippen molar-refractivity contribution < 1.29 is 4.79 Å². The van der Waals surface area contributed by atoms with Crippen LogP contribution in [0, 0.1) is 11.3 Å². The second kappa shape index (κ2) is 8.66. The van der Waals surface area contributed by atoms with Gasteiger partial charge in [-0.2, -0.15) is 5.26 Å². The van der Waals surface area contributed by atoms with E-state index in [0.717, 1.165) is 44.2 Å². The van der Waals surface area contributed by atoms with Crippen molar-refractivity contribution in [2.75, 3.05) is 10.6 Å². The molecule has 2 saturated carbocycles. The number of aromatic nitrogens is 2. The van der Waals surface area contributed by atoms with E-state index in [4.69, 9.17) is 16.9 Å². The molecule has 8 heteroatoms. The highest BCUT2D eigenvalue weighted by Gasteiger charge is 2.25. The first-order valence-corrected chi connectivity index (χ1v) is 10.4. The number of nitrogens with one attached hydrogen (secondary N) is 3. The number of pyridine rings is 2. The summed E-state index contributed by atoms with van der Waals surface area (Å²) in [6.07, 6.45) is 10.9. The van der Waals surface area contributed by atoms with Crippen molar-refractivity contribution in [1.29, 1.82) is 5.26 Å². The van der Waals surface area contributed by atoms with Gasteiger partial charge in [0.15, 0.2) is 0 Å². The molecular formula is C21H23ClN6O. The lowest BCUT2D eigenvalue weighted by molar-refractivity contribution is 0.0928. The van der Waals surface area contributed by atoms with Crippen LogP contribution in [0.15, 0.2) is 24.5 Å². The van der Waals surface area contributed by atoms with Gasteiger partial charge < -0.3 is 16.0 Å². The molecular weight excluding hydrogens is 388 g/mol. The van der Waals surface area contributed by atoms with Crippen molar-refractivity contribution in [3.8, 4) is 6.07 Å². The zero-order valence-electron chi connectivity index (χ0n) is 16.0. The Morgan fingerprint density at radius 3 is 2.55 bits per heavy atom. The van der Waals surface area contributed by atoms with Crippen LogP contribution in [-0.4, -0.2) is 28.0 Å². The highest BCUT2D eigenvalue weighted by Crippen LogP contribution is 2.30. The Morgan fingerprint density at radius 1 is 1.07 bits per heavy atom. The van der Waals surface area contributed by atoms with E-state index in [1.165, 1.54) is 12.6 Å². The lowest BCUT2D eigenvalue weighted by Crippen LogP contribution is -2.36. The maximum atomic E-state index is 12.9. The highest BCUT2D eigenvalue weighted by atomic mass is 35.5. The maximum Gasteiger partial charge on any atom is 0.255 e. The number of nitrogens with zero attached hydrogens (tertiary/aromatic N) is 3. The van der Waals surface area contributed by atoms with Gasteiger partial charge in [-0.1, -0.05) is 30.9 Å². The number of nitriles is 1. The second-order valence-electron chi connectivity index (χ2n) is 7.63. The summed E-state index contributed by atoms with van der Waals surface area (Å²) in [6.45, 7) is 0. The average Bonchev–Trinajstić information content (AvgIpc) is 3.54. The van der Waals surface area contributed by atoms with Gasteiger partial charge in [-0.15, -0.1) is 0 Å². The quantitative estimate of drug-likeness (QED) is 0.652. The minimum atomic E-state index is -0.0892. The molecule has 2 aliphatic carbocycles. The highest BCUT2D eigenvalue weighted by molar-refractivity contribution is 6.33. The van der Waals surface area contributed by atoms with Crippen LogP contribution < -0.4 is 16.0 Å². The fourth-order valence-corrected chi connectivity index (χ4v) is 3.71. The molecule has 0 atom stereocenters. The zero-order valence-corrected chi connectivity index (χ0v) is 16.8. The van der Waals surface area contributed by atoms with Crippen molar-refractivity contribution in [2.45, 2.75) is 57.0 Å². The molecule has 2 aromatic heterocycles. The van der Waals surface area contributed by atoms with E-state index in [1.54, 1.807) is 12.3 Å². The first kappa shape index (κ1) is 19.5. The molecule has 0 aromatic carbocycles. The van der Waals surface area contributed by atoms with E-state index in [-0.39, 0.29) is 11.9 Å². The van der Waals surface area contributed by atoms with Crippen molar-refractivity contribution in [1.82, 2.24) is 15.3 Å². The molecule has 2 aromatic rings. The lowest BCUT2D eigenvalue weighted by atomic mass is 9.95. The van der Waals surface area contributed by atoms with Crippen molar-refractivity contribution >= 4 is 34.8 Å². The number of carbonyl (C=O) groups is 1. The van der Waals surface area contributed by atoms with Crippen LogP contribution in [0.2, 0.25) is 5.02 Å². The first-order chi connectivity index (χ1) is 14.1. The maximum absolute atomic E-state index is 12.9. The monoisotopic (exact) mass is 410 g/mol. The normalized spacial score (nSPS) is 16.7. The third kappa shape index (κ3) is 4.96. The van der Waals surface area contributed by atoms with Crippen LogP contribution in [0.3, 0.4) is 0 Å². The van der Waals surface area contributed by atoms with Crippen molar-refractivity contribution in [3.05, 3.63) is 40.7 Å². The predicted molar refractivity (Wildman–Crippen MR) is 112 cm³/mol. The Hall–Kier alpha value is -2.85. The summed E-state index contributed by atoms with van der Waals surface area (Å²) in [6, 6.07) is 5.99. The summed E-state index contributed by atoms with van der Waals surface area (Å²) < 4.78 is 0. The molecule has 2 heterocycles. The Balaban J connectivity index is 1.54. The van der Waals surface area contributed by atoms with Crippen molar-refractivity contribution in [2.24, 2.45) is 0 Å². The molecule has 0 spiro atoms. The number of anilines is 3. The molecule has 4 rings (SSSR count). The smallest absolute Gasteiger partial charge is 0.255 e. The molecule has 0 bridgehead atoms. The van der Waals surface area contributed by atoms with E-state index in [1.807, 2.05) is 12.1 Å². The number of hydrogen-bond donors (Lipinski definition) is 3. The summed E-state index contributed by atoms with van der Waals surface area (Å²) in [5, 5.41) is 18.9. The molecule has 2 aliphatic rings. The SMILES string of the molecule is N#Cc1cnc(Nc2cc(NC3CC3)c(C(=O)NC3CCCCC3)cn2)c(Cl)c1. The van der Waals surface area contributed by atoms with Crippen LogP contribution in [0.5, 0.6) is 0 Å². The lowest BCUT2D eigenvalue weighted by Gasteiger charge is -2.23. The molecule has 1 amide bonds. The summed E-state index contributed by atoms with van der Waals surface area (Å²) in [5.41, 5.74) is 1.69. The van der Waals surface area contributed by atoms with E-state index < -0.39 is 0 Å². The van der Waals surface area contributed by atoms with Crippen molar-refractivity contribution in [3.63, 3.8) is 0 Å². The number of carbonyl (C=O) groups excluding carboxylic acids is 1. The Kier molecular flexibility index (Phi) is 5.81. The van der Waals surface area contributed by atoms with Gasteiger partial charge in [-0.25, -0.2) is 9.97 Å². The Morgan fingerprint density at radius 2 is 1.86 bits per heavy atom. The van der Waals surface area contributed by atoms with Gasteiger partial charge in [0.1, 0.15) is 17.7 Å². The van der Waals surface area contributed by atoms with Gasteiger partial charge >= 0.3 is 0 Å². The molecule has 150 valence electrons. The van der Waals surface area contributed by atoms with Crippen LogP contribution >= 0.6 is 11.6 Å². The van der Waals surface area contributed by atoms with Gasteiger partial charge in [-0.3, -0.25) is 4.79 Å². The van der Waals surface area contributed by atoms with Gasteiger partial charge in [0.05, 0.1) is 21.8 Å². The van der Waals surface area contributed by atoms with Crippen LogP contribution in [0.4, 0.5) is 17.3 Å². The summed E-state index contributed by atoms with van der Waals surface area (Å²) in [7, 11) is 0. The minimum absolute atomic E-state index is 0.0892. The summed E-state index contributed by atoms with van der Waals surface area (Å²) in [4.78, 5) is 21.4. The van der Waals surface area contributed by atoms with Gasteiger partial charge in [0.25, 0.3) is 5.91 Å². The zero-order chi connectivity index (χ0) is 20.2. The topological polar surface area (TPSA) is 103 Å². The minimum Gasteiger partial charge on any atom is -0.382 e. The van der Waals surface area contributed by atoms with E-state index in [0.29, 0.717) is 33.8 Å². The average molecular weight is 411 g/mol. The van der Waals surface area contributed by atoms with Gasteiger partial charge in [-0.05, 0) is 31.7 Å². The van der Waals surface area contributed by atoms with Crippen LogP contribution in [-0.2, 0) is 0 Å². The number of rotatable bonds is 6. The number of hydrogen-bond acceptors (Lipinski definition) is 6. The molecule has 3 N–H and O–H groups in total. The Bertz CT molecular complexity index is 947. The summed E-state index contributed by atoms with van der Waals surface area (Å²) >= 11 is 6.20. The molecule has 0 aliphatic heterocycles. The molecule has 7 nitrogen and oxygen atoms in total. The fourth-order valence-electron chi connectivity index (χ4n) is 3.49. The van der Waals surface area contributed by atoms with Crippen LogP contribution in [0.25, 0.3) is 0 Å². The van der Waals surface area contributed by atoms with E-state index in [2.05, 4.69) is 25.9 Å². The molecule has 29 heavy (non-hydrogen) atoms. The Labute approximate surface area is 174 Å². The third-order valence-corrected chi connectivity index (χ3v) is 5.53. The predicted octanol–water partition coefficient (Wildman–Crippen LogP) is 4.38. The van der Waals surface area contributed by atoms with Crippen LogP contribution in [0.1, 0.15) is 60.9 Å². The van der Waals surface area contributed by atoms with E-state index in [9.17, 15) is 4.79 Å².